The molecule has 1 amide bonds. The summed E-state index contributed by atoms with van der Waals surface area (Å²) in [6, 6.07) is 19.6. The average Bonchev–Trinajstić information content (AvgIpc) is 3.55. The molecule has 0 radical (unpaired) electrons. The Morgan fingerprint density at radius 1 is 0.972 bits per heavy atom. The molecule has 0 unspecified atom stereocenters. The Hall–Kier alpha value is -4.72. The second-order valence-electron chi connectivity index (χ2n) is 8.58. The van der Waals surface area contributed by atoms with Crippen LogP contribution in [0.15, 0.2) is 66.9 Å². The van der Waals surface area contributed by atoms with Crippen molar-refractivity contribution in [3.05, 3.63) is 89.4 Å². The topological polar surface area (TPSA) is 109 Å². The minimum absolute atomic E-state index is 0.294. The number of carbonyl (C=O) groups is 1. The van der Waals surface area contributed by atoms with Crippen LogP contribution in [-0.4, -0.2) is 38.4 Å². The first-order chi connectivity index (χ1) is 17.5. The Labute approximate surface area is 208 Å². The number of benzene rings is 3. The van der Waals surface area contributed by atoms with Crippen LogP contribution in [0, 0.1) is 20.8 Å². The highest BCUT2D eigenvalue weighted by Gasteiger charge is 2.20. The lowest BCUT2D eigenvalue weighted by atomic mass is 9.92. The van der Waals surface area contributed by atoms with Gasteiger partial charge < -0.3 is 15.0 Å². The standard InChI is InChI=1S/C28H26N6O2/c1-16-8-5-6-11-21(16)25-17(2)22(12-13-24(25)36-4)27-30-18(3)26(32-27)28(35)31-20-10-7-9-19(14-20)23-15-29-34-33-23/h5-15H,1-4H3,(H,30,32)(H,31,35)(H,29,33,34). The molecule has 0 fully saturated rings. The van der Waals surface area contributed by atoms with E-state index in [2.05, 4.69) is 49.8 Å². The zero-order valence-corrected chi connectivity index (χ0v) is 20.5. The molecule has 0 spiro atoms. The quantitative estimate of drug-likeness (QED) is 0.289. The molecule has 8 nitrogen and oxygen atoms in total. The third kappa shape index (κ3) is 4.24. The Bertz CT molecular complexity index is 1550. The molecule has 0 aliphatic heterocycles. The highest BCUT2D eigenvalue weighted by molar-refractivity contribution is 6.04. The third-order valence-electron chi connectivity index (χ3n) is 6.25. The predicted octanol–water partition coefficient (Wildman–Crippen LogP) is 5.71. The van der Waals surface area contributed by atoms with Gasteiger partial charge in [-0.1, -0.05) is 41.6 Å². The summed E-state index contributed by atoms with van der Waals surface area (Å²) in [5.41, 5.74) is 8.40. The molecule has 2 heterocycles. The van der Waals surface area contributed by atoms with Crippen molar-refractivity contribution in [1.29, 1.82) is 0 Å². The third-order valence-corrected chi connectivity index (χ3v) is 6.25. The van der Waals surface area contributed by atoms with Crippen LogP contribution < -0.4 is 10.1 Å². The molecule has 36 heavy (non-hydrogen) atoms. The zero-order valence-electron chi connectivity index (χ0n) is 20.5. The van der Waals surface area contributed by atoms with Gasteiger partial charge in [-0.2, -0.15) is 0 Å². The summed E-state index contributed by atoms with van der Waals surface area (Å²) in [5, 5.41) is 13.4. The van der Waals surface area contributed by atoms with Crippen LogP contribution in [0.1, 0.15) is 27.3 Å². The van der Waals surface area contributed by atoms with Gasteiger partial charge in [-0.25, -0.2) is 4.98 Å². The Kier molecular flexibility index (Phi) is 6.08. The van der Waals surface area contributed by atoms with Crippen LogP contribution in [0.3, 0.4) is 0 Å². The number of anilines is 1. The number of imidazole rings is 1. The lowest BCUT2D eigenvalue weighted by Gasteiger charge is -2.16. The summed E-state index contributed by atoms with van der Waals surface area (Å²) in [7, 11) is 1.67. The van der Waals surface area contributed by atoms with Gasteiger partial charge in [0.1, 0.15) is 23.0 Å². The SMILES string of the molecule is COc1ccc(-c2nc(C(=O)Nc3cccc(-c4c[nH]nn4)c3)c(C)[nH]2)c(C)c1-c1ccccc1C. The van der Waals surface area contributed by atoms with Crippen LogP contribution >= 0.6 is 0 Å². The first kappa shape index (κ1) is 23.0. The Morgan fingerprint density at radius 2 is 1.81 bits per heavy atom. The monoisotopic (exact) mass is 478 g/mol. The second kappa shape index (κ2) is 9.50. The highest BCUT2D eigenvalue weighted by Crippen LogP contribution is 2.39. The van der Waals surface area contributed by atoms with E-state index in [9.17, 15) is 4.79 Å². The number of aryl methyl sites for hydroxylation is 2. The van der Waals surface area contributed by atoms with Crippen molar-refractivity contribution in [3.8, 4) is 39.5 Å². The average molecular weight is 479 g/mol. The van der Waals surface area contributed by atoms with Crippen molar-refractivity contribution < 1.29 is 9.53 Å². The number of aromatic nitrogens is 5. The van der Waals surface area contributed by atoms with Gasteiger partial charge in [-0.15, -0.1) is 5.10 Å². The summed E-state index contributed by atoms with van der Waals surface area (Å²) in [5.74, 6) is 1.13. The molecule has 0 saturated heterocycles. The molecule has 0 aliphatic rings. The maximum Gasteiger partial charge on any atom is 0.276 e. The van der Waals surface area contributed by atoms with E-state index in [-0.39, 0.29) is 5.91 Å². The smallest absolute Gasteiger partial charge is 0.276 e. The van der Waals surface area contributed by atoms with Gasteiger partial charge in [0.2, 0.25) is 0 Å². The molecule has 3 aromatic carbocycles. The largest absolute Gasteiger partial charge is 0.496 e. The Balaban J connectivity index is 1.48. The van der Waals surface area contributed by atoms with Gasteiger partial charge in [-0.05, 0) is 61.7 Å². The molecule has 0 aliphatic carbocycles. The molecular formula is C28H26N6O2. The number of H-pyrrole nitrogens is 2. The van der Waals surface area contributed by atoms with Gasteiger partial charge >= 0.3 is 0 Å². The number of hydrogen-bond donors (Lipinski definition) is 3. The molecule has 5 aromatic rings. The van der Waals surface area contributed by atoms with E-state index in [1.165, 1.54) is 0 Å². The molecule has 180 valence electrons. The van der Waals surface area contributed by atoms with Crippen LogP contribution in [0.25, 0.3) is 33.8 Å². The van der Waals surface area contributed by atoms with E-state index < -0.39 is 0 Å². The second-order valence-corrected chi connectivity index (χ2v) is 8.58. The van der Waals surface area contributed by atoms with Crippen molar-refractivity contribution in [3.63, 3.8) is 0 Å². The van der Waals surface area contributed by atoms with Crippen LogP contribution in [-0.2, 0) is 0 Å². The van der Waals surface area contributed by atoms with Crippen molar-refractivity contribution in [2.24, 2.45) is 0 Å². The lowest BCUT2D eigenvalue weighted by Crippen LogP contribution is -2.13. The number of carbonyl (C=O) groups excluding carboxylic acids is 1. The summed E-state index contributed by atoms with van der Waals surface area (Å²) in [4.78, 5) is 21.1. The van der Waals surface area contributed by atoms with Gasteiger partial charge in [0, 0.05) is 34.3 Å². The summed E-state index contributed by atoms with van der Waals surface area (Å²) in [6.07, 6.45) is 1.70. The van der Waals surface area contributed by atoms with E-state index in [0.717, 1.165) is 39.1 Å². The molecule has 0 atom stereocenters. The van der Waals surface area contributed by atoms with Crippen molar-refractivity contribution in [1.82, 2.24) is 25.4 Å². The highest BCUT2D eigenvalue weighted by atomic mass is 16.5. The number of amides is 1. The fraction of sp³-hybridized carbons (Fsp3) is 0.143. The lowest BCUT2D eigenvalue weighted by molar-refractivity contribution is 0.102. The molecule has 0 bridgehead atoms. The molecule has 2 aromatic heterocycles. The van der Waals surface area contributed by atoms with E-state index in [0.29, 0.717) is 28.6 Å². The number of hydrogen-bond acceptors (Lipinski definition) is 5. The molecule has 8 heteroatoms. The van der Waals surface area contributed by atoms with E-state index in [1.54, 1.807) is 13.3 Å². The van der Waals surface area contributed by atoms with Crippen LogP contribution in [0.4, 0.5) is 5.69 Å². The fourth-order valence-electron chi connectivity index (χ4n) is 4.40. The number of methoxy groups -OCH3 is 1. The number of aromatic amines is 2. The number of nitrogens with zero attached hydrogens (tertiary/aromatic N) is 3. The zero-order chi connectivity index (χ0) is 25.2. The summed E-state index contributed by atoms with van der Waals surface area (Å²) < 4.78 is 5.69. The molecule has 0 saturated carbocycles. The van der Waals surface area contributed by atoms with Gasteiger partial charge in [0.05, 0.1) is 7.11 Å². The summed E-state index contributed by atoms with van der Waals surface area (Å²) in [6.45, 7) is 5.98. The maximum absolute atomic E-state index is 13.1. The first-order valence-electron chi connectivity index (χ1n) is 11.5. The minimum atomic E-state index is -0.294. The van der Waals surface area contributed by atoms with Crippen molar-refractivity contribution in [2.75, 3.05) is 12.4 Å². The number of nitrogens with one attached hydrogen (secondary N) is 3. The van der Waals surface area contributed by atoms with Crippen molar-refractivity contribution in [2.45, 2.75) is 20.8 Å². The van der Waals surface area contributed by atoms with Gasteiger partial charge in [0.15, 0.2) is 0 Å². The van der Waals surface area contributed by atoms with Crippen molar-refractivity contribution >= 4 is 11.6 Å². The predicted molar refractivity (Wildman–Crippen MR) is 140 cm³/mol. The Morgan fingerprint density at radius 3 is 2.56 bits per heavy atom. The molecule has 5 rings (SSSR count). The van der Waals surface area contributed by atoms with E-state index >= 15 is 0 Å². The normalized spacial score (nSPS) is 10.9. The number of rotatable bonds is 6. The van der Waals surface area contributed by atoms with Gasteiger partial charge in [0.25, 0.3) is 5.91 Å². The van der Waals surface area contributed by atoms with E-state index in [1.807, 2.05) is 62.4 Å². The van der Waals surface area contributed by atoms with Crippen LogP contribution in [0.5, 0.6) is 5.75 Å². The minimum Gasteiger partial charge on any atom is -0.496 e. The molecule has 3 N–H and O–H groups in total. The summed E-state index contributed by atoms with van der Waals surface area (Å²) >= 11 is 0. The fourth-order valence-corrected chi connectivity index (χ4v) is 4.40. The maximum atomic E-state index is 13.1. The van der Waals surface area contributed by atoms with E-state index in [4.69, 9.17) is 4.74 Å². The first-order valence-corrected chi connectivity index (χ1v) is 11.5. The molecular weight excluding hydrogens is 452 g/mol. The van der Waals surface area contributed by atoms with Crippen LogP contribution in [0.2, 0.25) is 0 Å². The number of ether oxygens (including phenoxy) is 1. The van der Waals surface area contributed by atoms with Gasteiger partial charge in [-0.3, -0.25) is 9.89 Å².